The molecule has 0 aromatic heterocycles. The first-order valence-corrected chi connectivity index (χ1v) is 6.18. The van der Waals surface area contributed by atoms with Crippen LogP contribution in [-0.2, 0) is 4.74 Å². The van der Waals surface area contributed by atoms with Gasteiger partial charge in [0, 0.05) is 33.3 Å². The Kier molecular flexibility index (Phi) is 3.65. The second kappa shape index (κ2) is 4.81. The van der Waals surface area contributed by atoms with Crippen LogP contribution in [0.25, 0.3) is 0 Å². The predicted octanol–water partition coefficient (Wildman–Crippen LogP) is 1.10. The SMILES string of the molecule is COC1CCN(CC2(C)CCNC2)CC1. The van der Waals surface area contributed by atoms with Gasteiger partial charge in [-0.15, -0.1) is 0 Å². The quantitative estimate of drug-likeness (QED) is 0.758. The molecule has 1 unspecified atom stereocenters. The maximum absolute atomic E-state index is 5.40. The molecule has 0 aromatic carbocycles. The van der Waals surface area contributed by atoms with Gasteiger partial charge in [0.05, 0.1) is 6.10 Å². The Morgan fingerprint density at radius 3 is 2.67 bits per heavy atom. The van der Waals surface area contributed by atoms with Crippen LogP contribution in [0.4, 0.5) is 0 Å². The highest BCUT2D eigenvalue weighted by Gasteiger charge is 2.31. The summed E-state index contributed by atoms with van der Waals surface area (Å²) in [6.07, 6.45) is 4.26. The predicted molar refractivity (Wildman–Crippen MR) is 62.1 cm³/mol. The van der Waals surface area contributed by atoms with Crippen molar-refractivity contribution in [2.24, 2.45) is 5.41 Å². The number of nitrogens with one attached hydrogen (secondary N) is 1. The van der Waals surface area contributed by atoms with Crippen LogP contribution in [0.15, 0.2) is 0 Å². The summed E-state index contributed by atoms with van der Waals surface area (Å²) in [5.41, 5.74) is 0.514. The Labute approximate surface area is 93.2 Å². The first-order valence-electron chi connectivity index (χ1n) is 6.18. The van der Waals surface area contributed by atoms with Gasteiger partial charge in [0.25, 0.3) is 0 Å². The molecule has 0 bridgehead atoms. The van der Waals surface area contributed by atoms with E-state index in [0.717, 1.165) is 0 Å². The van der Waals surface area contributed by atoms with Crippen LogP contribution in [0.3, 0.4) is 0 Å². The van der Waals surface area contributed by atoms with E-state index in [-0.39, 0.29) is 0 Å². The second-order valence-corrected chi connectivity index (χ2v) is 5.45. The first-order chi connectivity index (χ1) is 7.22. The number of methoxy groups -OCH3 is 1. The number of hydrogen-bond donors (Lipinski definition) is 1. The fourth-order valence-corrected chi connectivity index (χ4v) is 2.85. The van der Waals surface area contributed by atoms with E-state index in [0.29, 0.717) is 11.5 Å². The van der Waals surface area contributed by atoms with Gasteiger partial charge in [-0.1, -0.05) is 6.92 Å². The molecule has 88 valence electrons. The third-order valence-corrected chi connectivity index (χ3v) is 3.93. The van der Waals surface area contributed by atoms with E-state index in [2.05, 4.69) is 17.1 Å². The Morgan fingerprint density at radius 1 is 1.40 bits per heavy atom. The molecule has 3 heteroatoms. The number of hydrogen-bond acceptors (Lipinski definition) is 3. The molecule has 2 aliphatic rings. The van der Waals surface area contributed by atoms with E-state index in [9.17, 15) is 0 Å². The number of ether oxygens (including phenoxy) is 1. The van der Waals surface area contributed by atoms with Gasteiger partial charge in [-0.05, 0) is 31.2 Å². The Balaban J connectivity index is 1.76. The summed E-state index contributed by atoms with van der Waals surface area (Å²) < 4.78 is 5.40. The molecular weight excluding hydrogens is 188 g/mol. The van der Waals surface area contributed by atoms with Gasteiger partial charge in [0.2, 0.25) is 0 Å². The summed E-state index contributed by atoms with van der Waals surface area (Å²) in [4.78, 5) is 2.61. The highest BCUT2D eigenvalue weighted by molar-refractivity contribution is 4.87. The summed E-state index contributed by atoms with van der Waals surface area (Å²) in [5.74, 6) is 0. The summed E-state index contributed by atoms with van der Waals surface area (Å²) in [5, 5.41) is 3.47. The van der Waals surface area contributed by atoms with Crippen molar-refractivity contribution in [3.8, 4) is 0 Å². The lowest BCUT2D eigenvalue weighted by molar-refractivity contribution is 0.0301. The van der Waals surface area contributed by atoms with Crippen LogP contribution >= 0.6 is 0 Å². The van der Waals surface area contributed by atoms with Crippen LogP contribution in [0.5, 0.6) is 0 Å². The zero-order valence-corrected chi connectivity index (χ0v) is 10.1. The van der Waals surface area contributed by atoms with Crippen molar-refractivity contribution in [3.63, 3.8) is 0 Å². The van der Waals surface area contributed by atoms with Gasteiger partial charge in [0.1, 0.15) is 0 Å². The third-order valence-electron chi connectivity index (χ3n) is 3.93. The molecule has 1 N–H and O–H groups in total. The summed E-state index contributed by atoms with van der Waals surface area (Å²) in [6, 6.07) is 0. The highest BCUT2D eigenvalue weighted by Crippen LogP contribution is 2.27. The van der Waals surface area contributed by atoms with E-state index < -0.39 is 0 Å². The van der Waals surface area contributed by atoms with Crippen molar-refractivity contribution in [1.29, 1.82) is 0 Å². The lowest BCUT2D eigenvalue weighted by Crippen LogP contribution is -2.43. The average Bonchev–Trinajstić information content (AvgIpc) is 2.66. The molecule has 0 amide bonds. The van der Waals surface area contributed by atoms with E-state index in [1.165, 1.54) is 52.0 Å². The minimum atomic E-state index is 0.510. The molecule has 2 aliphatic heterocycles. The van der Waals surface area contributed by atoms with Crippen molar-refractivity contribution < 1.29 is 4.74 Å². The number of piperidine rings is 1. The Morgan fingerprint density at radius 2 is 2.13 bits per heavy atom. The Hall–Kier alpha value is -0.120. The molecule has 2 rings (SSSR count). The van der Waals surface area contributed by atoms with Crippen molar-refractivity contribution in [2.75, 3.05) is 39.8 Å². The molecule has 2 heterocycles. The van der Waals surface area contributed by atoms with Crippen molar-refractivity contribution >= 4 is 0 Å². The first kappa shape index (κ1) is 11.4. The maximum atomic E-state index is 5.40. The molecule has 0 saturated carbocycles. The van der Waals surface area contributed by atoms with Crippen LogP contribution in [-0.4, -0.2) is 50.8 Å². The highest BCUT2D eigenvalue weighted by atomic mass is 16.5. The van der Waals surface area contributed by atoms with Gasteiger partial charge in [0.15, 0.2) is 0 Å². The molecule has 0 aliphatic carbocycles. The fourth-order valence-electron chi connectivity index (χ4n) is 2.85. The van der Waals surface area contributed by atoms with Crippen LogP contribution in [0.1, 0.15) is 26.2 Å². The molecule has 0 spiro atoms. The van der Waals surface area contributed by atoms with Gasteiger partial charge in [-0.3, -0.25) is 0 Å². The number of nitrogens with zero attached hydrogens (tertiary/aromatic N) is 1. The number of rotatable bonds is 3. The average molecular weight is 212 g/mol. The zero-order chi connectivity index (χ0) is 10.7. The largest absolute Gasteiger partial charge is 0.381 e. The van der Waals surface area contributed by atoms with Crippen molar-refractivity contribution in [1.82, 2.24) is 10.2 Å². The molecule has 1 atom stereocenters. The van der Waals surface area contributed by atoms with E-state index >= 15 is 0 Å². The minimum absolute atomic E-state index is 0.510. The Bertz CT molecular complexity index is 194. The molecule has 0 radical (unpaired) electrons. The molecule has 2 fully saturated rings. The lowest BCUT2D eigenvalue weighted by Gasteiger charge is -2.36. The van der Waals surface area contributed by atoms with Gasteiger partial charge < -0.3 is 15.0 Å². The van der Waals surface area contributed by atoms with E-state index in [4.69, 9.17) is 4.74 Å². The molecule has 2 saturated heterocycles. The number of likely N-dealkylation sites (tertiary alicyclic amines) is 1. The zero-order valence-electron chi connectivity index (χ0n) is 10.1. The topological polar surface area (TPSA) is 24.5 Å². The lowest BCUT2D eigenvalue weighted by atomic mass is 9.88. The summed E-state index contributed by atoms with van der Waals surface area (Å²) >= 11 is 0. The minimum Gasteiger partial charge on any atom is -0.381 e. The standard InChI is InChI=1S/C12H24N2O/c1-12(5-6-13-9-12)10-14-7-3-11(15-2)4-8-14/h11,13H,3-10H2,1-2H3. The van der Waals surface area contributed by atoms with Gasteiger partial charge in [-0.25, -0.2) is 0 Å². The van der Waals surface area contributed by atoms with E-state index in [1.807, 2.05) is 7.11 Å². The van der Waals surface area contributed by atoms with Crippen molar-refractivity contribution in [3.05, 3.63) is 0 Å². The molecule has 3 nitrogen and oxygen atoms in total. The second-order valence-electron chi connectivity index (χ2n) is 5.45. The van der Waals surface area contributed by atoms with Crippen LogP contribution < -0.4 is 5.32 Å². The normalized spacial score (nSPS) is 34.8. The van der Waals surface area contributed by atoms with E-state index in [1.54, 1.807) is 0 Å². The monoisotopic (exact) mass is 212 g/mol. The van der Waals surface area contributed by atoms with Crippen LogP contribution in [0.2, 0.25) is 0 Å². The molecule has 15 heavy (non-hydrogen) atoms. The third kappa shape index (κ3) is 2.92. The van der Waals surface area contributed by atoms with Crippen LogP contribution in [0, 0.1) is 5.41 Å². The fraction of sp³-hybridized carbons (Fsp3) is 1.00. The van der Waals surface area contributed by atoms with Gasteiger partial charge >= 0.3 is 0 Å². The smallest absolute Gasteiger partial charge is 0.0595 e. The summed E-state index contributed by atoms with van der Waals surface area (Å²) in [6.45, 7) is 8.50. The molecular formula is C12H24N2O. The van der Waals surface area contributed by atoms with Gasteiger partial charge in [-0.2, -0.15) is 0 Å². The molecule has 0 aromatic rings. The maximum Gasteiger partial charge on any atom is 0.0595 e. The van der Waals surface area contributed by atoms with Crippen molar-refractivity contribution in [2.45, 2.75) is 32.3 Å². The summed E-state index contributed by atoms with van der Waals surface area (Å²) in [7, 11) is 1.84.